The molecule has 0 aliphatic heterocycles. The molecule has 0 bridgehead atoms. The van der Waals surface area contributed by atoms with E-state index in [0.717, 1.165) is 12.8 Å². The third-order valence-electron chi connectivity index (χ3n) is 1.76. The van der Waals surface area contributed by atoms with Crippen LogP contribution in [0.1, 0.15) is 12.0 Å². The first kappa shape index (κ1) is 9.56. The van der Waals surface area contributed by atoms with E-state index in [1.807, 2.05) is 18.2 Å². The van der Waals surface area contributed by atoms with Crippen molar-refractivity contribution in [1.82, 2.24) is 0 Å². The fraction of sp³-hybridized carbons (Fsp3) is 0.400. The predicted octanol–water partition coefficient (Wildman–Crippen LogP) is 2.83. The van der Waals surface area contributed by atoms with Crippen molar-refractivity contribution in [3.05, 3.63) is 35.9 Å². The number of aryl methyl sites for hydroxylation is 1. The van der Waals surface area contributed by atoms with E-state index in [2.05, 4.69) is 12.1 Å². The van der Waals surface area contributed by atoms with Crippen molar-refractivity contribution in [3.63, 3.8) is 0 Å². The summed E-state index contributed by atoms with van der Waals surface area (Å²) in [5.74, 6) is 0. The minimum Gasteiger partial charge on any atom is -0.366 e. The summed E-state index contributed by atoms with van der Waals surface area (Å²) < 4.78 is 4.94. The van der Waals surface area contributed by atoms with Gasteiger partial charge >= 0.3 is 0 Å². The molecule has 1 atom stereocenters. The van der Waals surface area contributed by atoms with Crippen LogP contribution in [0.15, 0.2) is 30.3 Å². The van der Waals surface area contributed by atoms with Crippen LogP contribution in [0.2, 0.25) is 0 Å². The average molecular weight is 185 g/mol. The third-order valence-corrected chi connectivity index (χ3v) is 2.15. The van der Waals surface area contributed by atoms with Gasteiger partial charge in [-0.2, -0.15) is 0 Å². The summed E-state index contributed by atoms with van der Waals surface area (Å²) in [5.41, 5.74) is 1.14. The molecule has 0 radical (unpaired) electrons. The SMILES string of the molecule is CO[C@H](Cl)CCc1ccccc1. The fourth-order valence-corrected chi connectivity index (χ4v) is 1.15. The van der Waals surface area contributed by atoms with Crippen LogP contribution >= 0.6 is 11.6 Å². The van der Waals surface area contributed by atoms with Crippen molar-refractivity contribution >= 4 is 11.6 Å². The molecule has 1 nitrogen and oxygen atoms in total. The number of halogens is 1. The van der Waals surface area contributed by atoms with Crippen LogP contribution in [-0.4, -0.2) is 12.7 Å². The number of hydrogen-bond acceptors (Lipinski definition) is 1. The van der Waals surface area contributed by atoms with Crippen molar-refractivity contribution in [1.29, 1.82) is 0 Å². The van der Waals surface area contributed by atoms with Gasteiger partial charge in [-0.3, -0.25) is 0 Å². The Labute approximate surface area is 78.3 Å². The van der Waals surface area contributed by atoms with Crippen molar-refractivity contribution in [2.24, 2.45) is 0 Å². The lowest BCUT2D eigenvalue weighted by molar-refractivity contribution is 0.160. The highest BCUT2D eigenvalue weighted by Gasteiger charge is 2.01. The van der Waals surface area contributed by atoms with Gasteiger partial charge in [-0.25, -0.2) is 0 Å². The molecule has 0 N–H and O–H groups in total. The molecule has 1 rings (SSSR count). The van der Waals surface area contributed by atoms with E-state index in [0.29, 0.717) is 0 Å². The summed E-state index contributed by atoms with van der Waals surface area (Å²) in [4.78, 5) is 0. The Hall–Kier alpha value is -0.530. The van der Waals surface area contributed by atoms with Gasteiger partial charge in [0.15, 0.2) is 0 Å². The van der Waals surface area contributed by atoms with E-state index in [9.17, 15) is 0 Å². The smallest absolute Gasteiger partial charge is 0.131 e. The summed E-state index contributed by atoms with van der Waals surface area (Å²) in [6, 6.07) is 10.3. The Morgan fingerprint density at radius 3 is 2.58 bits per heavy atom. The van der Waals surface area contributed by atoms with Crippen molar-refractivity contribution in [2.45, 2.75) is 18.4 Å². The lowest BCUT2D eigenvalue weighted by atomic mass is 10.1. The molecule has 0 aliphatic carbocycles. The minimum atomic E-state index is -0.162. The predicted molar refractivity (Wildman–Crippen MR) is 51.4 cm³/mol. The highest BCUT2D eigenvalue weighted by molar-refractivity contribution is 6.19. The van der Waals surface area contributed by atoms with Gasteiger partial charge in [-0.1, -0.05) is 41.9 Å². The Kier molecular flexibility index (Phi) is 4.12. The molecular formula is C10H13ClO. The molecule has 0 aliphatic rings. The van der Waals surface area contributed by atoms with Gasteiger partial charge in [0.1, 0.15) is 5.56 Å². The number of ether oxygens (including phenoxy) is 1. The Bertz CT molecular complexity index is 210. The van der Waals surface area contributed by atoms with Crippen LogP contribution in [0, 0.1) is 0 Å². The highest BCUT2D eigenvalue weighted by Crippen LogP contribution is 2.08. The molecule has 0 amide bonds. The summed E-state index contributed by atoms with van der Waals surface area (Å²) in [6.45, 7) is 0. The van der Waals surface area contributed by atoms with Gasteiger partial charge in [0.25, 0.3) is 0 Å². The van der Waals surface area contributed by atoms with E-state index in [4.69, 9.17) is 16.3 Å². The maximum absolute atomic E-state index is 5.79. The number of rotatable bonds is 4. The van der Waals surface area contributed by atoms with Crippen LogP contribution in [0.3, 0.4) is 0 Å². The second-order valence-corrected chi connectivity index (χ2v) is 3.16. The van der Waals surface area contributed by atoms with E-state index in [-0.39, 0.29) is 5.56 Å². The number of hydrogen-bond donors (Lipinski definition) is 0. The van der Waals surface area contributed by atoms with E-state index < -0.39 is 0 Å². The maximum Gasteiger partial charge on any atom is 0.131 e. The van der Waals surface area contributed by atoms with Gasteiger partial charge in [0, 0.05) is 7.11 Å². The number of methoxy groups -OCH3 is 1. The van der Waals surface area contributed by atoms with Crippen LogP contribution in [0.5, 0.6) is 0 Å². The summed E-state index contributed by atoms with van der Waals surface area (Å²) in [6.07, 6.45) is 1.84. The Morgan fingerprint density at radius 2 is 2.00 bits per heavy atom. The summed E-state index contributed by atoms with van der Waals surface area (Å²) in [5, 5.41) is 0. The van der Waals surface area contributed by atoms with Crippen molar-refractivity contribution in [2.75, 3.05) is 7.11 Å². The summed E-state index contributed by atoms with van der Waals surface area (Å²) >= 11 is 5.79. The molecule has 0 fully saturated rings. The Morgan fingerprint density at radius 1 is 1.33 bits per heavy atom. The molecule has 1 aromatic rings. The molecule has 0 saturated carbocycles. The first-order valence-electron chi connectivity index (χ1n) is 4.03. The second kappa shape index (κ2) is 5.18. The van der Waals surface area contributed by atoms with Gasteiger partial charge in [0.2, 0.25) is 0 Å². The number of benzene rings is 1. The zero-order chi connectivity index (χ0) is 8.81. The van der Waals surface area contributed by atoms with Gasteiger partial charge < -0.3 is 4.74 Å². The molecule has 0 saturated heterocycles. The highest BCUT2D eigenvalue weighted by atomic mass is 35.5. The fourth-order valence-electron chi connectivity index (χ4n) is 1.04. The van der Waals surface area contributed by atoms with Crippen LogP contribution in [-0.2, 0) is 11.2 Å². The van der Waals surface area contributed by atoms with E-state index in [1.165, 1.54) is 5.56 Å². The first-order valence-corrected chi connectivity index (χ1v) is 4.47. The zero-order valence-corrected chi connectivity index (χ0v) is 7.92. The first-order chi connectivity index (χ1) is 5.83. The number of alkyl halides is 1. The third kappa shape index (κ3) is 3.24. The summed E-state index contributed by atoms with van der Waals surface area (Å²) in [7, 11) is 1.63. The van der Waals surface area contributed by atoms with Gasteiger partial charge in [0.05, 0.1) is 0 Å². The monoisotopic (exact) mass is 184 g/mol. The topological polar surface area (TPSA) is 9.23 Å². The molecular weight excluding hydrogens is 172 g/mol. The van der Waals surface area contributed by atoms with Crippen molar-refractivity contribution < 1.29 is 4.74 Å². The molecule has 1 aromatic carbocycles. The molecule has 0 spiro atoms. The lowest BCUT2D eigenvalue weighted by Gasteiger charge is -2.06. The molecule has 0 aromatic heterocycles. The second-order valence-electron chi connectivity index (χ2n) is 2.67. The molecule has 66 valence electrons. The maximum atomic E-state index is 5.79. The molecule has 12 heavy (non-hydrogen) atoms. The molecule has 2 heteroatoms. The largest absolute Gasteiger partial charge is 0.366 e. The average Bonchev–Trinajstić information content (AvgIpc) is 2.16. The lowest BCUT2D eigenvalue weighted by Crippen LogP contribution is -2.02. The van der Waals surface area contributed by atoms with Crippen LogP contribution < -0.4 is 0 Å². The standard InChI is InChI=1S/C10H13ClO/c1-12-10(11)8-7-9-5-3-2-4-6-9/h2-6,10H,7-8H2,1H3/t10-/m0/s1. The van der Waals surface area contributed by atoms with Gasteiger partial charge in [-0.15, -0.1) is 0 Å². The minimum absolute atomic E-state index is 0.162. The van der Waals surface area contributed by atoms with E-state index >= 15 is 0 Å². The van der Waals surface area contributed by atoms with E-state index in [1.54, 1.807) is 7.11 Å². The Balaban J connectivity index is 2.33. The zero-order valence-electron chi connectivity index (χ0n) is 7.16. The van der Waals surface area contributed by atoms with Crippen LogP contribution in [0.25, 0.3) is 0 Å². The molecule has 0 unspecified atom stereocenters. The normalized spacial score (nSPS) is 12.8. The van der Waals surface area contributed by atoms with Crippen molar-refractivity contribution in [3.8, 4) is 0 Å². The van der Waals surface area contributed by atoms with Gasteiger partial charge in [-0.05, 0) is 18.4 Å². The quantitative estimate of drug-likeness (QED) is 0.654. The molecule has 0 heterocycles. The van der Waals surface area contributed by atoms with Crippen LogP contribution in [0.4, 0.5) is 0 Å².